The van der Waals surface area contributed by atoms with Crippen molar-refractivity contribution in [2.75, 3.05) is 39.2 Å². The normalized spacial score (nSPS) is 16.6. The standard InChI is InChI=1S/C26H30ClN5O6/c1-17-4-5-19(10-22(17)27)36-9-8-31(2)25(33)15-32-14-18(13-29-32)30-26(34)23-11-21(16-37-23)38-20-6-7-28-24(12-20)35-3/h4-7,10,12-14,21,23H,8-9,11,15-16H2,1-3H3,(H,30,34)/t21-,23+/m0/s1. The summed E-state index contributed by atoms with van der Waals surface area (Å²) in [4.78, 5) is 30.8. The molecule has 0 aliphatic carbocycles. The minimum Gasteiger partial charge on any atom is -0.492 e. The van der Waals surface area contributed by atoms with Gasteiger partial charge in [-0.25, -0.2) is 4.98 Å². The number of carbonyl (C=O) groups excluding carboxylic acids is 2. The number of carbonyl (C=O) groups is 2. The van der Waals surface area contributed by atoms with Crippen LogP contribution in [0.4, 0.5) is 5.69 Å². The summed E-state index contributed by atoms with van der Waals surface area (Å²) in [7, 11) is 3.22. The Balaban J connectivity index is 1.19. The minimum absolute atomic E-state index is 0.0218. The van der Waals surface area contributed by atoms with E-state index in [-0.39, 0.29) is 31.1 Å². The lowest BCUT2D eigenvalue weighted by molar-refractivity contribution is -0.131. The first kappa shape index (κ1) is 27.2. The van der Waals surface area contributed by atoms with E-state index in [9.17, 15) is 9.59 Å². The van der Waals surface area contributed by atoms with Crippen molar-refractivity contribution in [2.24, 2.45) is 0 Å². The molecule has 1 aliphatic rings. The van der Waals surface area contributed by atoms with Crippen LogP contribution in [0.25, 0.3) is 0 Å². The fourth-order valence-corrected chi connectivity index (χ4v) is 3.89. The molecule has 1 N–H and O–H groups in total. The molecule has 202 valence electrons. The van der Waals surface area contributed by atoms with Crippen LogP contribution in [0.1, 0.15) is 12.0 Å². The number of likely N-dealkylation sites (N-methyl/N-ethyl adjacent to an activating group) is 1. The van der Waals surface area contributed by atoms with Crippen molar-refractivity contribution in [1.29, 1.82) is 0 Å². The smallest absolute Gasteiger partial charge is 0.253 e. The summed E-state index contributed by atoms with van der Waals surface area (Å²) in [6.45, 7) is 2.94. The Bertz CT molecular complexity index is 1270. The van der Waals surface area contributed by atoms with E-state index in [4.69, 9.17) is 30.5 Å². The second-order valence-corrected chi connectivity index (χ2v) is 9.23. The van der Waals surface area contributed by atoms with Crippen molar-refractivity contribution in [3.63, 3.8) is 0 Å². The summed E-state index contributed by atoms with van der Waals surface area (Å²) in [5, 5.41) is 7.59. The minimum atomic E-state index is -0.664. The number of halogens is 1. The zero-order chi connectivity index (χ0) is 27.1. The van der Waals surface area contributed by atoms with E-state index in [1.54, 1.807) is 42.5 Å². The molecule has 3 aromatic rings. The van der Waals surface area contributed by atoms with E-state index >= 15 is 0 Å². The van der Waals surface area contributed by atoms with Gasteiger partial charge < -0.3 is 29.2 Å². The number of hydrogen-bond acceptors (Lipinski definition) is 8. The molecule has 3 heterocycles. The Labute approximate surface area is 225 Å². The molecule has 1 aliphatic heterocycles. The first-order valence-electron chi connectivity index (χ1n) is 12.0. The molecule has 2 atom stereocenters. The Morgan fingerprint density at radius 1 is 1.26 bits per heavy atom. The predicted octanol–water partition coefficient (Wildman–Crippen LogP) is 2.96. The largest absolute Gasteiger partial charge is 0.492 e. The van der Waals surface area contributed by atoms with Gasteiger partial charge in [-0.1, -0.05) is 17.7 Å². The Kier molecular flexibility index (Phi) is 9.03. The van der Waals surface area contributed by atoms with Gasteiger partial charge in [0.05, 0.1) is 32.1 Å². The van der Waals surface area contributed by atoms with Crippen molar-refractivity contribution in [3.8, 4) is 17.4 Å². The van der Waals surface area contributed by atoms with E-state index in [1.165, 1.54) is 18.0 Å². The van der Waals surface area contributed by atoms with Crippen LogP contribution >= 0.6 is 11.6 Å². The van der Waals surface area contributed by atoms with Crippen LogP contribution in [0.5, 0.6) is 17.4 Å². The lowest BCUT2D eigenvalue weighted by Crippen LogP contribution is -2.33. The third kappa shape index (κ3) is 7.36. The number of methoxy groups -OCH3 is 1. The van der Waals surface area contributed by atoms with Crippen molar-refractivity contribution >= 4 is 29.1 Å². The van der Waals surface area contributed by atoms with Gasteiger partial charge >= 0.3 is 0 Å². The number of aromatic nitrogens is 3. The lowest BCUT2D eigenvalue weighted by Gasteiger charge is -2.17. The summed E-state index contributed by atoms with van der Waals surface area (Å²) in [5.74, 6) is 1.23. The molecule has 1 fully saturated rings. The molecule has 0 radical (unpaired) electrons. The highest BCUT2D eigenvalue weighted by Gasteiger charge is 2.32. The molecule has 11 nitrogen and oxygen atoms in total. The highest BCUT2D eigenvalue weighted by atomic mass is 35.5. The third-order valence-electron chi connectivity index (χ3n) is 5.93. The summed E-state index contributed by atoms with van der Waals surface area (Å²) >= 11 is 6.11. The topological polar surface area (TPSA) is 117 Å². The Hall–Kier alpha value is -3.83. The van der Waals surface area contributed by atoms with Gasteiger partial charge in [-0.2, -0.15) is 5.10 Å². The van der Waals surface area contributed by atoms with Gasteiger partial charge in [-0.15, -0.1) is 0 Å². The number of amides is 2. The highest BCUT2D eigenvalue weighted by molar-refractivity contribution is 6.31. The van der Waals surface area contributed by atoms with Gasteiger partial charge in [0.2, 0.25) is 11.8 Å². The molecule has 0 spiro atoms. The molecule has 12 heteroatoms. The number of nitrogens with one attached hydrogen (secondary N) is 1. The molecule has 1 saturated heterocycles. The molecule has 38 heavy (non-hydrogen) atoms. The molecular weight excluding hydrogens is 514 g/mol. The van der Waals surface area contributed by atoms with Crippen molar-refractivity contribution < 1.29 is 28.5 Å². The quantitative estimate of drug-likeness (QED) is 0.392. The van der Waals surface area contributed by atoms with Crippen LogP contribution in [0.15, 0.2) is 48.9 Å². The van der Waals surface area contributed by atoms with E-state index in [0.29, 0.717) is 47.7 Å². The van der Waals surface area contributed by atoms with Gasteiger partial charge in [0, 0.05) is 37.0 Å². The SMILES string of the molecule is COc1cc(O[C@@H]2CO[C@@H](C(=O)Nc3cnn(CC(=O)N(C)CCOc4ccc(C)c(Cl)c4)c3)C2)ccn1. The van der Waals surface area contributed by atoms with E-state index in [0.717, 1.165) is 5.56 Å². The molecule has 1 aromatic carbocycles. The molecule has 2 amide bonds. The van der Waals surface area contributed by atoms with Crippen molar-refractivity contribution in [3.05, 3.63) is 59.5 Å². The van der Waals surface area contributed by atoms with Crippen molar-refractivity contribution in [1.82, 2.24) is 19.7 Å². The van der Waals surface area contributed by atoms with Crippen LogP contribution in [-0.2, 0) is 20.9 Å². The van der Waals surface area contributed by atoms with Gasteiger partial charge in [0.25, 0.3) is 5.91 Å². The average Bonchev–Trinajstić information content (AvgIpc) is 3.55. The van der Waals surface area contributed by atoms with E-state index in [2.05, 4.69) is 15.4 Å². The fraction of sp³-hybridized carbons (Fsp3) is 0.385. The number of aryl methyl sites for hydroxylation is 1. The van der Waals surface area contributed by atoms with Crippen LogP contribution in [0.2, 0.25) is 5.02 Å². The van der Waals surface area contributed by atoms with Crippen LogP contribution < -0.4 is 19.5 Å². The Morgan fingerprint density at radius 2 is 2.11 bits per heavy atom. The zero-order valence-electron chi connectivity index (χ0n) is 21.4. The summed E-state index contributed by atoms with van der Waals surface area (Å²) in [6.07, 6.45) is 4.13. The summed E-state index contributed by atoms with van der Waals surface area (Å²) in [6, 6.07) is 8.86. The van der Waals surface area contributed by atoms with Gasteiger partial charge in [0.1, 0.15) is 36.9 Å². The maximum Gasteiger partial charge on any atom is 0.253 e. The number of benzene rings is 1. The second kappa shape index (κ2) is 12.6. The summed E-state index contributed by atoms with van der Waals surface area (Å²) < 4.78 is 23.8. The van der Waals surface area contributed by atoms with Gasteiger partial charge in [0.15, 0.2) is 0 Å². The Morgan fingerprint density at radius 3 is 2.89 bits per heavy atom. The first-order valence-corrected chi connectivity index (χ1v) is 12.4. The van der Waals surface area contributed by atoms with Crippen molar-refractivity contribution in [2.45, 2.75) is 32.1 Å². The van der Waals surface area contributed by atoms with Gasteiger partial charge in [-0.05, 0) is 30.7 Å². The maximum absolute atomic E-state index is 12.7. The molecule has 0 saturated carbocycles. The van der Waals surface area contributed by atoms with Gasteiger partial charge in [-0.3, -0.25) is 14.3 Å². The zero-order valence-corrected chi connectivity index (χ0v) is 22.2. The molecule has 2 aromatic heterocycles. The first-order chi connectivity index (χ1) is 18.3. The third-order valence-corrected chi connectivity index (χ3v) is 6.34. The number of rotatable bonds is 11. The predicted molar refractivity (Wildman–Crippen MR) is 140 cm³/mol. The monoisotopic (exact) mass is 543 g/mol. The highest BCUT2D eigenvalue weighted by Crippen LogP contribution is 2.24. The maximum atomic E-state index is 12.7. The van der Waals surface area contributed by atoms with E-state index in [1.807, 2.05) is 19.1 Å². The van der Waals surface area contributed by atoms with Crippen LogP contribution in [-0.4, -0.2) is 77.6 Å². The number of anilines is 1. The number of ether oxygens (including phenoxy) is 4. The molecular formula is C26H30ClN5O6. The average molecular weight is 544 g/mol. The fourth-order valence-electron chi connectivity index (χ4n) is 3.72. The lowest BCUT2D eigenvalue weighted by atomic mass is 10.2. The second-order valence-electron chi connectivity index (χ2n) is 8.82. The van der Waals surface area contributed by atoms with Crippen LogP contribution in [0, 0.1) is 6.92 Å². The number of pyridine rings is 1. The molecule has 4 rings (SSSR count). The molecule has 0 unspecified atom stereocenters. The number of nitrogens with zero attached hydrogens (tertiary/aromatic N) is 4. The molecule has 0 bridgehead atoms. The van der Waals surface area contributed by atoms with E-state index < -0.39 is 6.10 Å². The summed E-state index contributed by atoms with van der Waals surface area (Å²) in [5.41, 5.74) is 1.44. The number of hydrogen-bond donors (Lipinski definition) is 1. The van der Waals surface area contributed by atoms with Crippen LogP contribution in [0.3, 0.4) is 0 Å².